The van der Waals surface area contributed by atoms with Crippen molar-refractivity contribution in [3.63, 3.8) is 0 Å². The number of sulfonamides is 1. The van der Waals surface area contributed by atoms with Crippen LogP contribution < -0.4 is 0 Å². The van der Waals surface area contributed by atoms with E-state index in [1.54, 1.807) is 0 Å². The van der Waals surface area contributed by atoms with E-state index in [0.29, 0.717) is 13.0 Å². The van der Waals surface area contributed by atoms with Crippen molar-refractivity contribution in [3.05, 3.63) is 64.8 Å². The molecule has 0 amide bonds. The second kappa shape index (κ2) is 6.59. The Balaban J connectivity index is 1.63. The van der Waals surface area contributed by atoms with Gasteiger partial charge in [0.1, 0.15) is 0 Å². The second-order valence-corrected chi connectivity index (χ2v) is 9.98. The lowest BCUT2D eigenvalue weighted by atomic mass is 9.90. The number of halogens is 3. The first-order valence-electron chi connectivity index (χ1n) is 9.98. The minimum atomic E-state index is -4.59. The maximum absolute atomic E-state index is 13.4. The fourth-order valence-corrected chi connectivity index (χ4v) is 6.60. The maximum Gasteiger partial charge on any atom is 0.416 e. The van der Waals surface area contributed by atoms with Crippen molar-refractivity contribution in [2.75, 3.05) is 6.54 Å². The highest BCUT2D eigenvalue weighted by Crippen LogP contribution is 2.44. The fourth-order valence-electron chi connectivity index (χ4n) is 4.94. The van der Waals surface area contributed by atoms with Gasteiger partial charge in [0.05, 0.1) is 16.5 Å². The molecule has 2 aliphatic rings. The van der Waals surface area contributed by atoms with Crippen LogP contribution in [0.15, 0.2) is 47.4 Å². The van der Waals surface area contributed by atoms with Gasteiger partial charge in [-0.15, -0.1) is 0 Å². The number of hydrogen-bond donors (Lipinski definition) is 0. The summed E-state index contributed by atoms with van der Waals surface area (Å²) >= 11 is 0. The molecule has 1 aromatic heterocycles. The average Bonchev–Trinajstić information content (AvgIpc) is 3.02. The topological polar surface area (TPSA) is 42.3 Å². The Morgan fingerprint density at radius 1 is 1.07 bits per heavy atom. The Labute approximate surface area is 173 Å². The molecule has 1 aliphatic heterocycles. The van der Waals surface area contributed by atoms with Crippen LogP contribution in [0, 0.1) is 6.92 Å². The van der Waals surface area contributed by atoms with E-state index in [4.69, 9.17) is 0 Å². The predicted octanol–water partition coefficient (Wildman–Crippen LogP) is 5.05. The largest absolute Gasteiger partial charge is 0.416 e. The molecule has 4 nitrogen and oxygen atoms in total. The standard InChI is InChI=1S/C22H21F3N2O2S/c1-14-8-9-19-18(12-14)17-6-3-7-20-21(17)26(19)10-11-27(20)30(28,29)16-5-2-4-15(13-16)22(23,24)25/h2,4-5,8-9,12-13,20H,3,6-7,10-11H2,1H3. The number of fused-ring (bicyclic) bond motifs is 3. The van der Waals surface area contributed by atoms with Crippen LogP contribution in [0.25, 0.3) is 10.9 Å². The molecule has 1 unspecified atom stereocenters. The van der Waals surface area contributed by atoms with E-state index < -0.39 is 21.8 Å². The summed E-state index contributed by atoms with van der Waals surface area (Å²) in [6.45, 7) is 2.77. The number of alkyl halides is 3. The summed E-state index contributed by atoms with van der Waals surface area (Å²) in [7, 11) is -4.06. The van der Waals surface area contributed by atoms with E-state index in [9.17, 15) is 21.6 Å². The summed E-state index contributed by atoms with van der Waals surface area (Å²) in [6, 6.07) is 9.97. The highest BCUT2D eigenvalue weighted by Gasteiger charge is 2.41. The normalized spacial score (nSPS) is 19.8. The highest BCUT2D eigenvalue weighted by atomic mass is 32.2. The van der Waals surface area contributed by atoms with Crippen LogP contribution in [0.5, 0.6) is 0 Å². The zero-order valence-electron chi connectivity index (χ0n) is 16.4. The molecule has 0 spiro atoms. The lowest BCUT2D eigenvalue weighted by Crippen LogP contribution is -2.43. The Hall–Kier alpha value is -2.32. The van der Waals surface area contributed by atoms with Gasteiger partial charge in [0, 0.05) is 29.7 Å². The molecule has 1 atom stereocenters. The maximum atomic E-state index is 13.4. The van der Waals surface area contributed by atoms with E-state index in [2.05, 4.69) is 22.8 Å². The van der Waals surface area contributed by atoms with Gasteiger partial charge in [-0.3, -0.25) is 0 Å². The van der Waals surface area contributed by atoms with Gasteiger partial charge in [-0.05, 0) is 62.1 Å². The van der Waals surface area contributed by atoms with Crippen molar-refractivity contribution in [2.24, 2.45) is 0 Å². The van der Waals surface area contributed by atoms with Crippen molar-refractivity contribution >= 4 is 20.9 Å². The van der Waals surface area contributed by atoms with Crippen molar-refractivity contribution in [2.45, 2.75) is 49.8 Å². The van der Waals surface area contributed by atoms with Gasteiger partial charge in [0.25, 0.3) is 0 Å². The average molecular weight is 434 g/mol. The Morgan fingerprint density at radius 2 is 1.87 bits per heavy atom. The summed E-state index contributed by atoms with van der Waals surface area (Å²) in [5, 5.41) is 1.16. The first-order chi connectivity index (χ1) is 14.2. The predicted molar refractivity (Wildman–Crippen MR) is 108 cm³/mol. The van der Waals surface area contributed by atoms with E-state index in [0.717, 1.165) is 53.2 Å². The zero-order valence-corrected chi connectivity index (χ0v) is 17.2. The molecule has 5 rings (SSSR count). The number of rotatable bonds is 2. The molecule has 0 radical (unpaired) electrons. The minimum absolute atomic E-state index is 0.243. The second-order valence-electron chi connectivity index (χ2n) is 8.09. The molecule has 0 fully saturated rings. The van der Waals surface area contributed by atoms with E-state index in [-0.39, 0.29) is 17.5 Å². The van der Waals surface area contributed by atoms with Gasteiger partial charge in [-0.1, -0.05) is 17.7 Å². The van der Waals surface area contributed by atoms with Gasteiger partial charge in [0.15, 0.2) is 0 Å². The molecular weight excluding hydrogens is 413 g/mol. The van der Waals surface area contributed by atoms with Gasteiger partial charge in [-0.2, -0.15) is 17.5 Å². The molecule has 3 aromatic rings. The van der Waals surface area contributed by atoms with Crippen LogP contribution in [0.3, 0.4) is 0 Å². The molecular formula is C22H21F3N2O2S. The van der Waals surface area contributed by atoms with Crippen LogP contribution >= 0.6 is 0 Å². The van der Waals surface area contributed by atoms with Gasteiger partial charge < -0.3 is 4.57 Å². The third-order valence-electron chi connectivity index (χ3n) is 6.25. The number of nitrogens with zero attached hydrogens (tertiary/aromatic N) is 2. The SMILES string of the molecule is Cc1ccc2c(c1)c1c3n2CCN(S(=O)(=O)c2cccc(C(F)(F)F)c2)C3CCC1. The van der Waals surface area contributed by atoms with Crippen LogP contribution in [-0.4, -0.2) is 23.8 Å². The lowest BCUT2D eigenvalue weighted by molar-refractivity contribution is -0.137. The van der Waals surface area contributed by atoms with Gasteiger partial charge >= 0.3 is 6.18 Å². The summed E-state index contributed by atoms with van der Waals surface area (Å²) in [4.78, 5) is -0.301. The Bertz CT molecular complexity index is 1260. The van der Waals surface area contributed by atoms with E-state index in [1.807, 2.05) is 6.92 Å². The van der Waals surface area contributed by atoms with E-state index in [1.165, 1.54) is 15.9 Å². The quantitative estimate of drug-likeness (QED) is 0.566. The van der Waals surface area contributed by atoms with Crippen molar-refractivity contribution in [1.82, 2.24) is 8.87 Å². The molecule has 8 heteroatoms. The minimum Gasteiger partial charge on any atom is -0.341 e. The van der Waals surface area contributed by atoms with Gasteiger partial charge in [0.2, 0.25) is 10.0 Å². The Kier molecular flexibility index (Phi) is 4.31. The molecule has 0 saturated carbocycles. The molecule has 158 valence electrons. The van der Waals surface area contributed by atoms with Crippen LogP contribution in [0.2, 0.25) is 0 Å². The van der Waals surface area contributed by atoms with Crippen LogP contribution in [-0.2, 0) is 29.2 Å². The van der Waals surface area contributed by atoms with Gasteiger partial charge in [-0.25, -0.2) is 8.42 Å². The van der Waals surface area contributed by atoms with E-state index >= 15 is 0 Å². The Morgan fingerprint density at radius 3 is 2.63 bits per heavy atom. The summed E-state index contributed by atoms with van der Waals surface area (Å²) < 4.78 is 69.8. The lowest BCUT2D eigenvalue weighted by Gasteiger charge is -2.39. The summed E-state index contributed by atoms with van der Waals surface area (Å²) in [6.07, 6.45) is -2.19. The molecule has 2 heterocycles. The van der Waals surface area contributed by atoms with Crippen molar-refractivity contribution < 1.29 is 21.6 Å². The fraction of sp³-hybridized carbons (Fsp3) is 0.364. The van der Waals surface area contributed by atoms with Crippen LogP contribution in [0.4, 0.5) is 13.2 Å². The van der Waals surface area contributed by atoms with Crippen molar-refractivity contribution in [1.29, 1.82) is 0 Å². The number of aromatic nitrogens is 1. The van der Waals surface area contributed by atoms with Crippen molar-refractivity contribution in [3.8, 4) is 0 Å². The number of hydrogen-bond acceptors (Lipinski definition) is 2. The highest BCUT2D eigenvalue weighted by molar-refractivity contribution is 7.89. The molecule has 1 aliphatic carbocycles. The van der Waals surface area contributed by atoms with Crippen LogP contribution in [0.1, 0.15) is 41.3 Å². The third-order valence-corrected chi connectivity index (χ3v) is 8.15. The molecule has 0 saturated heterocycles. The smallest absolute Gasteiger partial charge is 0.341 e. The first-order valence-corrected chi connectivity index (χ1v) is 11.4. The molecule has 0 bridgehead atoms. The third kappa shape index (κ3) is 2.88. The molecule has 2 aromatic carbocycles. The first kappa shape index (κ1) is 19.6. The summed E-state index contributed by atoms with van der Waals surface area (Å²) in [5.74, 6) is 0. The monoisotopic (exact) mass is 434 g/mol. The number of benzene rings is 2. The zero-order chi connectivity index (χ0) is 21.3. The summed E-state index contributed by atoms with van der Waals surface area (Å²) in [5.41, 5.74) is 3.48. The number of aryl methyl sites for hydroxylation is 2. The molecule has 0 N–H and O–H groups in total. The molecule has 30 heavy (non-hydrogen) atoms.